The molecule has 2 N–H and O–H groups in total. The van der Waals surface area contributed by atoms with E-state index >= 15 is 0 Å². The van der Waals surface area contributed by atoms with Gasteiger partial charge in [-0.1, -0.05) is 54.6 Å². The summed E-state index contributed by atoms with van der Waals surface area (Å²) in [4.78, 5) is 17.7. The highest BCUT2D eigenvalue weighted by Gasteiger charge is 2.13. The van der Waals surface area contributed by atoms with Crippen molar-refractivity contribution in [2.45, 2.75) is 18.4 Å². The van der Waals surface area contributed by atoms with Crippen LogP contribution in [0, 0.1) is 6.92 Å². The first kappa shape index (κ1) is 23.5. The predicted octanol–water partition coefficient (Wildman–Crippen LogP) is 4.75. The summed E-state index contributed by atoms with van der Waals surface area (Å²) in [7, 11) is -1.34. The van der Waals surface area contributed by atoms with Gasteiger partial charge >= 0.3 is 0 Å². The van der Waals surface area contributed by atoms with Crippen molar-refractivity contribution in [3.63, 3.8) is 0 Å². The number of aryl methyl sites for hydroxylation is 1. The number of benzene rings is 3. The average molecular weight is 471 g/mol. The number of carbonyl (C=O) groups is 1. The zero-order chi connectivity index (χ0) is 23.9. The maximum absolute atomic E-state index is 12.7. The Labute approximate surface area is 202 Å². The molecule has 1 heterocycles. The smallest absolute Gasteiger partial charge is 0.251 e. The molecule has 0 aliphatic carbocycles. The highest BCUT2D eigenvalue weighted by molar-refractivity contribution is 7.85. The van der Waals surface area contributed by atoms with Crippen molar-refractivity contribution in [2.24, 2.45) is 0 Å². The van der Waals surface area contributed by atoms with E-state index in [-0.39, 0.29) is 24.8 Å². The number of hydrogen-bond acceptors (Lipinski definition) is 4. The molecule has 172 valence electrons. The second-order valence-corrected chi connectivity index (χ2v) is 9.46. The summed E-state index contributed by atoms with van der Waals surface area (Å²) in [6.07, 6.45) is 1.74. The molecule has 0 fully saturated rings. The molecule has 34 heavy (non-hydrogen) atoms. The number of aromatic nitrogens is 1. The van der Waals surface area contributed by atoms with Gasteiger partial charge in [0.2, 0.25) is 0 Å². The SMILES string of the molecule is Cc1ccc(C(=O)NCc2cc(-c3cccc(-c4ccccc4)c3)ccn2)cc1S(=O)CCO. The fourth-order valence-corrected chi connectivity index (χ4v) is 4.79. The molecule has 0 spiro atoms. The standard InChI is InChI=1S/C28H26N2O3S/c1-20-10-11-25(18-27(20)34(33)15-14-31)28(32)30-19-26-17-24(12-13-29-26)23-9-5-8-22(16-23)21-6-3-2-4-7-21/h2-13,16-18,31H,14-15,19H2,1H3,(H,30,32). The minimum atomic E-state index is -1.34. The minimum absolute atomic E-state index is 0.147. The van der Waals surface area contributed by atoms with E-state index in [1.54, 1.807) is 24.4 Å². The number of nitrogens with zero attached hydrogens (tertiary/aromatic N) is 1. The topological polar surface area (TPSA) is 79.3 Å². The quantitative estimate of drug-likeness (QED) is 0.389. The largest absolute Gasteiger partial charge is 0.395 e. The first-order valence-corrected chi connectivity index (χ1v) is 12.4. The summed E-state index contributed by atoms with van der Waals surface area (Å²) < 4.78 is 12.3. The van der Waals surface area contributed by atoms with Crippen molar-refractivity contribution in [3.05, 3.63) is 108 Å². The first-order valence-electron chi connectivity index (χ1n) is 11.0. The van der Waals surface area contributed by atoms with Gasteiger partial charge in [0, 0.05) is 16.7 Å². The molecule has 3 aromatic carbocycles. The van der Waals surface area contributed by atoms with Crippen molar-refractivity contribution >= 4 is 16.7 Å². The number of amides is 1. The fraction of sp³-hybridized carbons (Fsp3) is 0.143. The van der Waals surface area contributed by atoms with Gasteiger partial charge in [0.25, 0.3) is 5.91 Å². The van der Waals surface area contributed by atoms with Crippen LogP contribution in [0.25, 0.3) is 22.3 Å². The van der Waals surface area contributed by atoms with Gasteiger partial charge in [0.1, 0.15) is 0 Å². The molecule has 6 heteroatoms. The number of hydrogen-bond donors (Lipinski definition) is 2. The minimum Gasteiger partial charge on any atom is -0.395 e. The van der Waals surface area contributed by atoms with Crippen LogP contribution in [0.4, 0.5) is 0 Å². The third-order valence-electron chi connectivity index (χ3n) is 5.52. The molecule has 0 aliphatic rings. The van der Waals surface area contributed by atoms with Gasteiger partial charge in [-0.15, -0.1) is 0 Å². The second-order valence-electron chi connectivity index (χ2n) is 7.92. The number of rotatable bonds is 8. The summed E-state index contributed by atoms with van der Waals surface area (Å²) in [6, 6.07) is 27.6. The van der Waals surface area contributed by atoms with E-state index in [1.807, 2.05) is 43.3 Å². The predicted molar refractivity (Wildman–Crippen MR) is 136 cm³/mol. The Morgan fingerprint density at radius 2 is 1.59 bits per heavy atom. The molecule has 1 atom stereocenters. The Morgan fingerprint density at radius 1 is 0.882 bits per heavy atom. The zero-order valence-electron chi connectivity index (χ0n) is 18.9. The van der Waals surface area contributed by atoms with Gasteiger partial charge in [-0.05, 0) is 65.1 Å². The summed E-state index contributed by atoms with van der Waals surface area (Å²) in [5.41, 5.74) is 6.39. The van der Waals surface area contributed by atoms with Crippen LogP contribution in [-0.2, 0) is 17.3 Å². The van der Waals surface area contributed by atoms with Crippen molar-refractivity contribution in [1.29, 1.82) is 0 Å². The van der Waals surface area contributed by atoms with Crippen LogP contribution >= 0.6 is 0 Å². The number of nitrogens with one attached hydrogen (secondary N) is 1. The summed E-state index contributed by atoms with van der Waals surface area (Å²) in [5, 5.41) is 12.0. The summed E-state index contributed by atoms with van der Waals surface area (Å²) >= 11 is 0. The van der Waals surface area contributed by atoms with Crippen LogP contribution in [0.1, 0.15) is 21.6 Å². The Kier molecular flexibility index (Phi) is 7.62. The number of aliphatic hydroxyl groups excluding tert-OH is 1. The Balaban J connectivity index is 1.48. The van der Waals surface area contributed by atoms with Gasteiger partial charge < -0.3 is 10.4 Å². The van der Waals surface area contributed by atoms with E-state index in [9.17, 15) is 9.00 Å². The van der Waals surface area contributed by atoms with Crippen molar-refractivity contribution in [2.75, 3.05) is 12.4 Å². The molecular formula is C28H26N2O3S. The molecule has 0 bridgehead atoms. The molecular weight excluding hydrogens is 444 g/mol. The van der Waals surface area contributed by atoms with E-state index in [4.69, 9.17) is 5.11 Å². The van der Waals surface area contributed by atoms with Crippen molar-refractivity contribution in [3.8, 4) is 22.3 Å². The third kappa shape index (κ3) is 5.65. The van der Waals surface area contributed by atoms with E-state index in [0.717, 1.165) is 33.5 Å². The Morgan fingerprint density at radius 3 is 2.35 bits per heavy atom. The lowest BCUT2D eigenvalue weighted by atomic mass is 9.99. The maximum Gasteiger partial charge on any atom is 0.251 e. The second kappa shape index (κ2) is 11.0. The van der Waals surface area contributed by atoms with Crippen LogP contribution in [0.2, 0.25) is 0 Å². The molecule has 0 radical (unpaired) electrons. The van der Waals surface area contributed by atoms with Crippen LogP contribution in [0.3, 0.4) is 0 Å². The molecule has 4 rings (SSSR count). The van der Waals surface area contributed by atoms with E-state index in [2.05, 4.69) is 40.6 Å². The van der Waals surface area contributed by atoms with Gasteiger partial charge in [-0.25, -0.2) is 0 Å². The van der Waals surface area contributed by atoms with Gasteiger partial charge in [-0.3, -0.25) is 14.0 Å². The molecule has 1 aromatic heterocycles. The fourth-order valence-electron chi connectivity index (χ4n) is 3.72. The molecule has 4 aromatic rings. The number of pyridine rings is 1. The van der Waals surface area contributed by atoms with Gasteiger partial charge in [-0.2, -0.15) is 0 Å². The molecule has 0 saturated carbocycles. The van der Waals surface area contributed by atoms with Crippen molar-refractivity contribution < 1.29 is 14.1 Å². The third-order valence-corrected chi connectivity index (χ3v) is 7.01. The first-order chi connectivity index (χ1) is 16.5. The average Bonchev–Trinajstić information content (AvgIpc) is 2.88. The van der Waals surface area contributed by atoms with E-state index in [1.165, 1.54) is 0 Å². The number of aliphatic hydroxyl groups is 1. The molecule has 5 nitrogen and oxygen atoms in total. The zero-order valence-corrected chi connectivity index (χ0v) is 19.7. The van der Waals surface area contributed by atoms with Crippen LogP contribution in [-0.4, -0.2) is 32.6 Å². The summed E-state index contributed by atoms with van der Waals surface area (Å²) in [6.45, 7) is 1.95. The highest BCUT2D eigenvalue weighted by Crippen LogP contribution is 2.26. The van der Waals surface area contributed by atoms with E-state index in [0.29, 0.717) is 10.5 Å². The highest BCUT2D eigenvalue weighted by atomic mass is 32.2. The van der Waals surface area contributed by atoms with Gasteiger partial charge in [0.15, 0.2) is 0 Å². The normalized spacial score (nSPS) is 11.7. The van der Waals surface area contributed by atoms with Crippen LogP contribution in [0.15, 0.2) is 96.0 Å². The monoisotopic (exact) mass is 470 g/mol. The molecule has 1 unspecified atom stereocenters. The van der Waals surface area contributed by atoms with E-state index < -0.39 is 10.8 Å². The Hall–Kier alpha value is -3.61. The molecule has 0 aliphatic heterocycles. The van der Waals surface area contributed by atoms with Crippen LogP contribution < -0.4 is 5.32 Å². The lowest BCUT2D eigenvalue weighted by Gasteiger charge is -2.10. The molecule has 1 amide bonds. The maximum atomic E-state index is 12.7. The summed E-state index contributed by atoms with van der Waals surface area (Å²) in [5.74, 6) is -0.116. The Bertz CT molecular complexity index is 1320. The molecule has 0 saturated heterocycles. The lowest BCUT2D eigenvalue weighted by Crippen LogP contribution is -2.23. The lowest BCUT2D eigenvalue weighted by molar-refractivity contribution is 0.0950. The number of carbonyl (C=O) groups excluding carboxylic acids is 1. The van der Waals surface area contributed by atoms with Crippen LogP contribution in [0.5, 0.6) is 0 Å². The van der Waals surface area contributed by atoms with Crippen molar-refractivity contribution in [1.82, 2.24) is 10.3 Å². The van der Waals surface area contributed by atoms with Gasteiger partial charge in [0.05, 0.1) is 35.4 Å².